The molecule has 0 bridgehead atoms. The number of hydrogen-bond donors (Lipinski definition) is 0. The Kier molecular flexibility index (Phi) is 4.61. The van der Waals surface area contributed by atoms with Crippen molar-refractivity contribution in [3.05, 3.63) is 24.5 Å². The van der Waals surface area contributed by atoms with Crippen molar-refractivity contribution >= 4 is 0 Å². The van der Waals surface area contributed by atoms with E-state index in [0.717, 1.165) is 18.9 Å². The van der Waals surface area contributed by atoms with Gasteiger partial charge in [-0.25, -0.2) is 0 Å². The lowest BCUT2D eigenvalue weighted by atomic mass is 10.4. The Bertz CT molecular complexity index is 181. The van der Waals surface area contributed by atoms with Gasteiger partial charge in [-0.2, -0.15) is 0 Å². The van der Waals surface area contributed by atoms with E-state index < -0.39 is 0 Å². The molecule has 0 radical (unpaired) electrons. The van der Waals surface area contributed by atoms with E-state index in [2.05, 4.69) is 11.5 Å². The third kappa shape index (κ3) is 3.64. The van der Waals surface area contributed by atoms with E-state index >= 15 is 0 Å². The van der Waals surface area contributed by atoms with Crippen LogP contribution in [0.25, 0.3) is 0 Å². The Hall–Kier alpha value is -0.760. The molecule has 13 heavy (non-hydrogen) atoms. The van der Waals surface area contributed by atoms with Crippen LogP contribution in [0.2, 0.25) is 0 Å². The van der Waals surface area contributed by atoms with Crippen LogP contribution < -0.4 is 0 Å². The van der Waals surface area contributed by atoms with E-state index in [9.17, 15) is 0 Å². The topological polar surface area (TPSA) is 12.5 Å². The first-order chi connectivity index (χ1) is 6.36. The molecular formula is C11H19NO. The second kappa shape index (κ2) is 5.81. The molecule has 1 aliphatic rings. The SMILES string of the molecule is C=C/C(=C\C)OCCN1CCCC1. The molecule has 2 heteroatoms. The van der Waals surface area contributed by atoms with Crippen LogP contribution in [-0.2, 0) is 4.74 Å². The molecule has 1 fully saturated rings. The van der Waals surface area contributed by atoms with Gasteiger partial charge in [-0.1, -0.05) is 6.58 Å². The predicted octanol–water partition coefficient (Wildman–Crippen LogP) is 2.19. The van der Waals surface area contributed by atoms with Gasteiger partial charge in [0, 0.05) is 6.54 Å². The first-order valence-electron chi connectivity index (χ1n) is 5.00. The third-order valence-electron chi connectivity index (χ3n) is 2.36. The summed E-state index contributed by atoms with van der Waals surface area (Å²) in [6.07, 6.45) is 6.39. The van der Waals surface area contributed by atoms with Crippen molar-refractivity contribution in [2.45, 2.75) is 19.8 Å². The van der Waals surface area contributed by atoms with Crippen molar-refractivity contribution in [2.24, 2.45) is 0 Å². The van der Waals surface area contributed by atoms with Gasteiger partial charge in [0.25, 0.3) is 0 Å². The van der Waals surface area contributed by atoms with Gasteiger partial charge >= 0.3 is 0 Å². The molecule has 0 unspecified atom stereocenters. The molecule has 1 aliphatic heterocycles. The summed E-state index contributed by atoms with van der Waals surface area (Å²) in [5.41, 5.74) is 0. The second-order valence-corrected chi connectivity index (χ2v) is 3.29. The summed E-state index contributed by atoms with van der Waals surface area (Å²) in [5, 5.41) is 0. The summed E-state index contributed by atoms with van der Waals surface area (Å²) in [4.78, 5) is 2.44. The van der Waals surface area contributed by atoms with Gasteiger partial charge < -0.3 is 4.74 Å². The quantitative estimate of drug-likeness (QED) is 0.476. The molecular weight excluding hydrogens is 162 g/mol. The minimum absolute atomic E-state index is 0.783. The molecule has 0 aromatic rings. The van der Waals surface area contributed by atoms with Crippen molar-refractivity contribution in [3.63, 3.8) is 0 Å². The third-order valence-corrected chi connectivity index (χ3v) is 2.36. The number of ether oxygens (including phenoxy) is 1. The Morgan fingerprint density at radius 2 is 2.15 bits per heavy atom. The maximum atomic E-state index is 5.50. The van der Waals surface area contributed by atoms with Crippen molar-refractivity contribution in [3.8, 4) is 0 Å². The Labute approximate surface area is 80.9 Å². The smallest absolute Gasteiger partial charge is 0.114 e. The van der Waals surface area contributed by atoms with Gasteiger partial charge in [0.15, 0.2) is 0 Å². The fraction of sp³-hybridized carbons (Fsp3) is 0.636. The van der Waals surface area contributed by atoms with E-state index in [1.807, 2.05) is 13.0 Å². The molecule has 1 rings (SSSR count). The number of likely N-dealkylation sites (tertiary alicyclic amines) is 1. The number of rotatable bonds is 5. The minimum Gasteiger partial charge on any atom is -0.493 e. The summed E-state index contributed by atoms with van der Waals surface area (Å²) in [7, 11) is 0. The zero-order valence-electron chi connectivity index (χ0n) is 8.46. The zero-order valence-corrected chi connectivity index (χ0v) is 8.46. The standard InChI is InChI=1S/C11H19NO/c1-3-11(4-2)13-10-9-12-7-5-6-8-12/h3-4H,1,5-10H2,2H3/b11-4+. The molecule has 0 aliphatic carbocycles. The highest BCUT2D eigenvalue weighted by Gasteiger charge is 2.10. The zero-order chi connectivity index (χ0) is 9.52. The van der Waals surface area contributed by atoms with E-state index in [4.69, 9.17) is 4.74 Å². The Morgan fingerprint density at radius 1 is 1.46 bits per heavy atom. The normalized spacial score (nSPS) is 19.0. The lowest BCUT2D eigenvalue weighted by Crippen LogP contribution is -2.23. The fourth-order valence-corrected chi connectivity index (χ4v) is 1.56. The number of allylic oxidation sites excluding steroid dienone is 2. The summed E-state index contributed by atoms with van der Waals surface area (Å²) < 4.78 is 5.50. The van der Waals surface area contributed by atoms with Gasteiger partial charge in [0.2, 0.25) is 0 Å². The average molecular weight is 181 g/mol. The average Bonchev–Trinajstić information content (AvgIpc) is 2.65. The predicted molar refractivity (Wildman–Crippen MR) is 55.6 cm³/mol. The van der Waals surface area contributed by atoms with Crippen LogP contribution in [0.5, 0.6) is 0 Å². The Morgan fingerprint density at radius 3 is 2.69 bits per heavy atom. The highest BCUT2D eigenvalue weighted by molar-refractivity contribution is 5.06. The van der Waals surface area contributed by atoms with Crippen molar-refractivity contribution in [2.75, 3.05) is 26.2 Å². The van der Waals surface area contributed by atoms with Crippen LogP contribution in [0.1, 0.15) is 19.8 Å². The lowest BCUT2D eigenvalue weighted by molar-refractivity contribution is 0.179. The first kappa shape index (κ1) is 10.3. The van der Waals surface area contributed by atoms with Crippen LogP contribution in [0.15, 0.2) is 24.5 Å². The van der Waals surface area contributed by atoms with Gasteiger partial charge in [0.1, 0.15) is 12.4 Å². The Balaban J connectivity index is 2.08. The molecule has 0 N–H and O–H groups in total. The van der Waals surface area contributed by atoms with Gasteiger partial charge in [-0.15, -0.1) is 0 Å². The monoisotopic (exact) mass is 181 g/mol. The van der Waals surface area contributed by atoms with Crippen LogP contribution in [0.3, 0.4) is 0 Å². The van der Waals surface area contributed by atoms with Crippen LogP contribution >= 0.6 is 0 Å². The number of nitrogens with zero attached hydrogens (tertiary/aromatic N) is 1. The first-order valence-corrected chi connectivity index (χ1v) is 5.00. The van der Waals surface area contributed by atoms with Crippen LogP contribution in [-0.4, -0.2) is 31.1 Å². The van der Waals surface area contributed by atoms with Crippen LogP contribution in [0.4, 0.5) is 0 Å². The molecule has 2 nitrogen and oxygen atoms in total. The van der Waals surface area contributed by atoms with Gasteiger partial charge in [-0.3, -0.25) is 4.90 Å². The van der Waals surface area contributed by atoms with Gasteiger partial charge in [-0.05, 0) is 45.0 Å². The summed E-state index contributed by atoms with van der Waals surface area (Å²) in [6, 6.07) is 0. The van der Waals surface area contributed by atoms with Crippen molar-refractivity contribution in [1.82, 2.24) is 4.90 Å². The van der Waals surface area contributed by atoms with E-state index in [1.54, 1.807) is 6.08 Å². The molecule has 0 spiro atoms. The highest BCUT2D eigenvalue weighted by Crippen LogP contribution is 2.07. The molecule has 1 heterocycles. The van der Waals surface area contributed by atoms with E-state index in [-0.39, 0.29) is 0 Å². The minimum atomic E-state index is 0.783. The van der Waals surface area contributed by atoms with Crippen LogP contribution in [0, 0.1) is 0 Å². The number of hydrogen-bond acceptors (Lipinski definition) is 2. The molecule has 74 valence electrons. The molecule has 0 aromatic carbocycles. The largest absolute Gasteiger partial charge is 0.493 e. The summed E-state index contributed by atoms with van der Waals surface area (Å²) in [5.74, 6) is 0.888. The summed E-state index contributed by atoms with van der Waals surface area (Å²) >= 11 is 0. The molecule has 0 amide bonds. The van der Waals surface area contributed by atoms with E-state index in [0.29, 0.717) is 0 Å². The maximum absolute atomic E-state index is 5.50. The highest BCUT2D eigenvalue weighted by atomic mass is 16.5. The molecule has 0 saturated carbocycles. The molecule has 0 atom stereocenters. The van der Waals surface area contributed by atoms with Crippen molar-refractivity contribution < 1.29 is 4.74 Å². The summed E-state index contributed by atoms with van der Waals surface area (Å²) in [6.45, 7) is 9.95. The second-order valence-electron chi connectivity index (χ2n) is 3.29. The van der Waals surface area contributed by atoms with E-state index in [1.165, 1.54) is 25.9 Å². The fourth-order valence-electron chi connectivity index (χ4n) is 1.56. The molecule has 1 saturated heterocycles. The van der Waals surface area contributed by atoms with Gasteiger partial charge in [0.05, 0.1) is 0 Å². The molecule has 0 aromatic heterocycles. The maximum Gasteiger partial charge on any atom is 0.114 e. The van der Waals surface area contributed by atoms with Crippen molar-refractivity contribution in [1.29, 1.82) is 0 Å². The lowest BCUT2D eigenvalue weighted by Gasteiger charge is -2.14.